The summed E-state index contributed by atoms with van der Waals surface area (Å²) in [5.74, 6) is -0.746. The minimum Gasteiger partial charge on any atom is -0.377 e. The van der Waals surface area contributed by atoms with Gasteiger partial charge in [-0.1, -0.05) is 12.1 Å². The van der Waals surface area contributed by atoms with E-state index >= 15 is 0 Å². The molecule has 1 aliphatic heterocycles. The van der Waals surface area contributed by atoms with Crippen LogP contribution in [0.1, 0.15) is 19.8 Å². The molecule has 2 rings (SSSR count). The van der Waals surface area contributed by atoms with E-state index in [1.807, 2.05) is 0 Å². The molecule has 1 aromatic carbocycles. The van der Waals surface area contributed by atoms with Crippen molar-refractivity contribution in [2.45, 2.75) is 36.8 Å². The highest BCUT2D eigenvalue weighted by atomic mass is 32.2. The predicted octanol–water partition coefficient (Wildman–Crippen LogP) is 1.67. The molecular weight excluding hydrogens is 257 g/mol. The van der Waals surface area contributed by atoms with Gasteiger partial charge in [0, 0.05) is 12.6 Å². The lowest BCUT2D eigenvalue weighted by atomic mass is 10.1. The Labute approximate surface area is 106 Å². The fourth-order valence-corrected chi connectivity index (χ4v) is 3.39. The summed E-state index contributed by atoms with van der Waals surface area (Å²) in [6.45, 7) is 2.38. The quantitative estimate of drug-likeness (QED) is 0.908. The van der Waals surface area contributed by atoms with E-state index < -0.39 is 15.8 Å². The van der Waals surface area contributed by atoms with E-state index in [1.165, 1.54) is 18.2 Å². The first-order chi connectivity index (χ1) is 8.50. The van der Waals surface area contributed by atoms with Crippen LogP contribution in [-0.2, 0) is 14.8 Å². The predicted molar refractivity (Wildman–Crippen MR) is 65.2 cm³/mol. The number of rotatable bonds is 4. The van der Waals surface area contributed by atoms with Crippen molar-refractivity contribution in [2.24, 2.45) is 0 Å². The molecule has 1 heterocycles. The number of halogens is 1. The molecule has 1 aromatic rings. The number of hydrogen-bond donors (Lipinski definition) is 1. The molecule has 1 fully saturated rings. The molecule has 0 aliphatic carbocycles. The summed E-state index contributed by atoms with van der Waals surface area (Å²) in [5, 5.41) is 0. The number of hydrogen-bond acceptors (Lipinski definition) is 3. The molecule has 1 N–H and O–H groups in total. The molecule has 0 saturated carbocycles. The lowest BCUT2D eigenvalue weighted by molar-refractivity contribution is 0.0902. The highest BCUT2D eigenvalue weighted by Crippen LogP contribution is 2.18. The van der Waals surface area contributed by atoms with Crippen molar-refractivity contribution in [1.82, 2.24) is 4.72 Å². The first kappa shape index (κ1) is 13.5. The summed E-state index contributed by atoms with van der Waals surface area (Å²) in [5.41, 5.74) is 0. The second-order valence-corrected chi connectivity index (χ2v) is 6.07. The van der Waals surface area contributed by atoms with Crippen LogP contribution < -0.4 is 4.72 Å². The van der Waals surface area contributed by atoms with Gasteiger partial charge in [0.05, 0.1) is 6.10 Å². The Balaban J connectivity index is 2.14. The van der Waals surface area contributed by atoms with Gasteiger partial charge in [-0.05, 0) is 31.9 Å². The van der Waals surface area contributed by atoms with Crippen molar-refractivity contribution in [3.8, 4) is 0 Å². The molecule has 2 atom stereocenters. The van der Waals surface area contributed by atoms with Crippen molar-refractivity contribution < 1.29 is 17.5 Å². The highest BCUT2D eigenvalue weighted by Gasteiger charge is 2.28. The summed E-state index contributed by atoms with van der Waals surface area (Å²) in [4.78, 5) is -0.324. The smallest absolute Gasteiger partial charge is 0.243 e. The van der Waals surface area contributed by atoms with Gasteiger partial charge in [0.15, 0.2) is 0 Å². The van der Waals surface area contributed by atoms with Crippen molar-refractivity contribution in [2.75, 3.05) is 6.61 Å². The van der Waals surface area contributed by atoms with Crippen LogP contribution in [0.3, 0.4) is 0 Å². The number of sulfonamides is 1. The molecule has 6 heteroatoms. The molecule has 0 unspecified atom stereocenters. The Bertz CT molecular complexity index is 512. The first-order valence-corrected chi connectivity index (χ1v) is 7.37. The van der Waals surface area contributed by atoms with Crippen molar-refractivity contribution in [3.63, 3.8) is 0 Å². The summed E-state index contributed by atoms with van der Waals surface area (Å²) in [7, 11) is -3.83. The maximum Gasteiger partial charge on any atom is 0.243 e. The van der Waals surface area contributed by atoms with Gasteiger partial charge in [0.2, 0.25) is 10.0 Å². The van der Waals surface area contributed by atoms with Crippen LogP contribution in [0.5, 0.6) is 0 Å². The third kappa shape index (κ3) is 2.88. The summed E-state index contributed by atoms with van der Waals surface area (Å²) in [6.07, 6.45) is 1.61. The standard InChI is InChI=1S/C12H16FNO3S/c1-9(11-6-4-8-17-11)14-18(15,16)12-7-3-2-5-10(12)13/h2-3,5,7,9,11,14H,4,6,8H2,1H3/t9-,11-/m1/s1. The second kappa shape index (κ2) is 5.34. The van der Waals surface area contributed by atoms with Gasteiger partial charge in [0.25, 0.3) is 0 Å². The van der Waals surface area contributed by atoms with E-state index in [0.717, 1.165) is 18.9 Å². The lowest BCUT2D eigenvalue weighted by Crippen LogP contribution is -2.41. The summed E-state index contributed by atoms with van der Waals surface area (Å²) in [6, 6.07) is 4.97. The number of ether oxygens (including phenoxy) is 1. The second-order valence-electron chi connectivity index (χ2n) is 4.39. The normalized spacial score (nSPS) is 22.0. The number of nitrogens with one attached hydrogen (secondary N) is 1. The van der Waals surface area contributed by atoms with E-state index in [1.54, 1.807) is 6.92 Å². The van der Waals surface area contributed by atoms with Gasteiger partial charge in [-0.3, -0.25) is 0 Å². The third-order valence-electron chi connectivity index (χ3n) is 2.99. The highest BCUT2D eigenvalue weighted by molar-refractivity contribution is 7.89. The SMILES string of the molecule is C[C@@H](NS(=O)(=O)c1ccccc1F)[C@H]1CCCO1. The zero-order valence-electron chi connectivity index (χ0n) is 10.1. The van der Waals surface area contributed by atoms with Crippen LogP contribution in [-0.4, -0.2) is 27.2 Å². The van der Waals surface area contributed by atoms with Crippen LogP contribution >= 0.6 is 0 Å². The third-order valence-corrected chi connectivity index (χ3v) is 4.58. The molecule has 0 spiro atoms. The largest absolute Gasteiger partial charge is 0.377 e. The molecular formula is C12H16FNO3S. The topological polar surface area (TPSA) is 55.4 Å². The molecule has 0 bridgehead atoms. The van der Waals surface area contributed by atoms with Gasteiger partial charge in [-0.2, -0.15) is 0 Å². The molecule has 4 nitrogen and oxygen atoms in total. The van der Waals surface area contributed by atoms with E-state index in [9.17, 15) is 12.8 Å². The van der Waals surface area contributed by atoms with Gasteiger partial charge in [-0.25, -0.2) is 17.5 Å². The van der Waals surface area contributed by atoms with Crippen LogP contribution in [0, 0.1) is 5.82 Å². The number of benzene rings is 1. The van der Waals surface area contributed by atoms with Gasteiger partial charge in [0.1, 0.15) is 10.7 Å². The maximum atomic E-state index is 13.5. The van der Waals surface area contributed by atoms with Gasteiger partial charge >= 0.3 is 0 Å². The minimum atomic E-state index is -3.83. The Kier molecular flexibility index (Phi) is 3.99. The molecule has 0 aromatic heterocycles. The van der Waals surface area contributed by atoms with Crippen LogP contribution in [0.25, 0.3) is 0 Å². The molecule has 1 saturated heterocycles. The van der Waals surface area contributed by atoms with Gasteiger partial charge in [-0.15, -0.1) is 0 Å². The van der Waals surface area contributed by atoms with Crippen LogP contribution in [0.4, 0.5) is 4.39 Å². The average molecular weight is 273 g/mol. The Morgan fingerprint density at radius 2 is 2.17 bits per heavy atom. The van der Waals surface area contributed by atoms with Crippen molar-refractivity contribution >= 4 is 10.0 Å². The van der Waals surface area contributed by atoms with Gasteiger partial charge < -0.3 is 4.74 Å². The van der Waals surface area contributed by atoms with E-state index in [0.29, 0.717) is 6.61 Å². The monoisotopic (exact) mass is 273 g/mol. The Morgan fingerprint density at radius 1 is 1.44 bits per heavy atom. The van der Waals surface area contributed by atoms with Crippen molar-refractivity contribution in [1.29, 1.82) is 0 Å². The minimum absolute atomic E-state index is 0.133. The first-order valence-electron chi connectivity index (χ1n) is 5.89. The zero-order valence-corrected chi connectivity index (χ0v) is 10.9. The molecule has 100 valence electrons. The molecule has 18 heavy (non-hydrogen) atoms. The van der Waals surface area contributed by atoms with Crippen LogP contribution in [0.15, 0.2) is 29.2 Å². The molecule has 0 amide bonds. The Hall–Kier alpha value is -0.980. The van der Waals surface area contributed by atoms with E-state index in [2.05, 4.69) is 4.72 Å². The molecule has 1 aliphatic rings. The average Bonchev–Trinajstić information content (AvgIpc) is 2.82. The maximum absolute atomic E-state index is 13.5. The van der Waals surface area contributed by atoms with Crippen molar-refractivity contribution in [3.05, 3.63) is 30.1 Å². The fraction of sp³-hybridized carbons (Fsp3) is 0.500. The summed E-state index contributed by atoms with van der Waals surface area (Å²) >= 11 is 0. The Morgan fingerprint density at radius 3 is 2.78 bits per heavy atom. The fourth-order valence-electron chi connectivity index (χ4n) is 2.04. The zero-order chi connectivity index (χ0) is 13.2. The van der Waals surface area contributed by atoms with E-state index in [4.69, 9.17) is 4.74 Å². The molecule has 0 radical (unpaired) electrons. The summed E-state index contributed by atoms with van der Waals surface area (Å²) < 4.78 is 45.4. The van der Waals surface area contributed by atoms with E-state index in [-0.39, 0.29) is 17.0 Å². The lowest BCUT2D eigenvalue weighted by Gasteiger charge is -2.20. The van der Waals surface area contributed by atoms with Crippen LogP contribution in [0.2, 0.25) is 0 Å².